The minimum atomic E-state index is 0.808. The highest BCUT2D eigenvalue weighted by atomic mass is 16.5. The van der Waals surface area contributed by atoms with Gasteiger partial charge in [0.1, 0.15) is 12.4 Å². The standard InChI is InChI=1S/C16H25NO/c1-14-7-8-16(13-15(14)2)18-12-11-17-9-5-3-4-6-10-17/h7-8,13H,3-6,9-12H2,1-2H3. The highest BCUT2D eigenvalue weighted by Gasteiger charge is 2.08. The van der Waals surface area contributed by atoms with E-state index in [-0.39, 0.29) is 0 Å². The first kappa shape index (κ1) is 13.4. The van der Waals surface area contributed by atoms with Crippen LogP contribution < -0.4 is 4.74 Å². The van der Waals surface area contributed by atoms with Crippen molar-refractivity contribution >= 4 is 0 Å². The van der Waals surface area contributed by atoms with E-state index in [1.54, 1.807) is 0 Å². The summed E-state index contributed by atoms with van der Waals surface area (Å²) in [6.45, 7) is 8.63. The Morgan fingerprint density at radius 1 is 1.00 bits per heavy atom. The third-order valence-electron chi connectivity index (χ3n) is 3.85. The molecule has 2 rings (SSSR count). The van der Waals surface area contributed by atoms with Gasteiger partial charge in [0.25, 0.3) is 0 Å². The molecule has 2 heteroatoms. The van der Waals surface area contributed by atoms with Crippen LogP contribution in [0.15, 0.2) is 18.2 Å². The smallest absolute Gasteiger partial charge is 0.119 e. The molecule has 1 aromatic carbocycles. The van der Waals surface area contributed by atoms with Crippen LogP contribution in [0.4, 0.5) is 0 Å². The maximum Gasteiger partial charge on any atom is 0.119 e. The molecule has 0 unspecified atom stereocenters. The van der Waals surface area contributed by atoms with Crippen LogP contribution in [0.1, 0.15) is 36.8 Å². The second-order valence-corrected chi connectivity index (χ2v) is 5.35. The molecule has 1 heterocycles. The Morgan fingerprint density at radius 3 is 2.39 bits per heavy atom. The molecule has 1 fully saturated rings. The summed E-state index contributed by atoms with van der Waals surface area (Å²) >= 11 is 0. The van der Waals surface area contributed by atoms with Gasteiger partial charge in [-0.2, -0.15) is 0 Å². The Kier molecular flexibility index (Phi) is 5.06. The number of hydrogen-bond donors (Lipinski definition) is 0. The second-order valence-electron chi connectivity index (χ2n) is 5.35. The van der Waals surface area contributed by atoms with Gasteiger partial charge in [-0.3, -0.25) is 4.90 Å². The third kappa shape index (κ3) is 4.02. The molecule has 0 aromatic heterocycles. The second kappa shape index (κ2) is 6.79. The molecule has 1 saturated heterocycles. The first-order valence-electron chi connectivity index (χ1n) is 7.18. The van der Waals surface area contributed by atoms with Crippen molar-refractivity contribution in [3.63, 3.8) is 0 Å². The Labute approximate surface area is 111 Å². The van der Waals surface area contributed by atoms with Crippen molar-refractivity contribution in [3.8, 4) is 5.75 Å². The summed E-state index contributed by atoms with van der Waals surface area (Å²) < 4.78 is 5.84. The number of likely N-dealkylation sites (tertiary alicyclic amines) is 1. The Bertz CT molecular complexity index is 367. The number of benzene rings is 1. The van der Waals surface area contributed by atoms with Gasteiger partial charge in [0.2, 0.25) is 0 Å². The molecule has 0 atom stereocenters. The molecule has 0 N–H and O–H groups in total. The molecular weight excluding hydrogens is 222 g/mol. The van der Waals surface area contributed by atoms with Crippen LogP contribution in [-0.4, -0.2) is 31.1 Å². The summed E-state index contributed by atoms with van der Waals surface area (Å²) in [5.41, 5.74) is 2.64. The van der Waals surface area contributed by atoms with Crippen molar-refractivity contribution in [2.24, 2.45) is 0 Å². The molecule has 0 bridgehead atoms. The zero-order chi connectivity index (χ0) is 12.8. The number of aryl methyl sites for hydroxylation is 2. The van der Waals surface area contributed by atoms with Crippen molar-refractivity contribution < 1.29 is 4.74 Å². The van der Waals surface area contributed by atoms with Gasteiger partial charge < -0.3 is 4.74 Å². The molecule has 2 nitrogen and oxygen atoms in total. The molecule has 0 radical (unpaired) electrons. The van der Waals surface area contributed by atoms with Gasteiger partial charge in [-0.25, -0.2) is 0 Å². The van der Waals surface area contributed by atoms with E-state index in [2.05, 4.69) is 36.9 Å². The molecule has 1 aliphatic heterocycles. The molecule has 18 heavy (non-hydrogen) atoms. The van der Waals surface area contributed by atoms with Crippen molar-refractivity contribution in [3.05, 3.63) is 29.3 Å². The van der Waals surface area contributed by atoms with Crippen LogP contribution in [0.5, 0.6) is 5.75 Å². The van der Waals surface area contributed by atoms with Crippen LogP contribution >= 0.6 is 0 Å². The molecule has 0 amide bonds. The summed E-state index contributed by atoms with van der Waals surface area (Å²) in [7, 11) is 0. The topological polar surface area (TPSA) is 12.5 Å². The van der Waals surface area contributed by atoms with Gasteiger partial charge in [0, 0.05) is 6.54 Å². The van der Waals surface area contributed by atoms with Gasteiger partial charge >= 0.3 is 0 Å². The maximum absolute atomic E-state index is 5.84. The predicted octanol–water partition coefficient (Wildman–Crippen LogP) is 3.56. The lowest BCUT2D eigenvalue weighted by Crippen LogP contribution is -2.29. The Morgan fingerprint density at radius 2 is 1.72 bits per heavy atom. The minimum absolute atomic E-state index is 0.808. The van der Waals surface area contributed by atoms with Gasteiger partial charge in [0.15, 0.2) is 0 Å². The van der Waals surface area contributed by atoms with Gasteiger partial charge in [-0.1, -0.05) is 18.9 Å². The summed E-state index contributed by atoms with van der Waals surface area (Å²) in [6.07, 6.45) is 5.50. The summed E-state index contributed by atoms with van der Waals surface area (Å²) in [4.78, 5) is 2.54. The normalized spacial score (nSPS) is 17.4. The van der Waals surface area contributed by atoms with Crippen molar-refractivity contribution in [1.29, 1.82) is 0 Å². The number of nitrogens with zero attached hydrogens (tertiary/aromatic N) is 1. The first-order valence-corrected chi connectivity index (χ1v) is 7.18. The van der Waals surface area contributed by atoms with E-state index >= 15 is 0 Å². The van der Waals surface area contributed by atoms with Crippen molar-refractivity contribution in [2.45, 2.75) is 39.5 Å². The van der Waals surface area contributed by atoms with E-state index in [1.165, 1.54) is 49.9 Å². The largest absolute Gasteiger partial charge is 0.492 e. The lowest BCUT2D eigenvalue weighted by Gasteiger charge is -2.19. The van der Waals surface area contributed by atoms with E-state index in [0.717, 1.165) is 18.9 Å². The fourth-order valence-electron chi connectivity index (χ4n) is 2.46. The van der Waals surface area contributed by atoms with Crippen LogP contribution in [0.3, 0.4) is 0 Å². The summed E-state index contributed by atoms with van der Waals surface area (Å²) in [5, 5.41) is 0. The molecule has 100 valence electrons. The Hall–Kier alpha value is -1.02. The summed E-state index contributed by atoms with van der Waals surface area (Å²) in [6, 6.07) is 6.35. The highest BCUT2D eigenvalue weighted by Crippen LogP contribution is 2.16. The van der Waals surface area contributed by atoms with Gasteiger partial charge in [0.05, 0.1) is 0 Å². The van der Waals surface area contributed by atoms with E-state index in [1.807, 2.05) is 0 Å². The van der Waals surface area contributed by atoms with E-state index in [0.29, 0.717) is 0 Å². The fraction of sp³-hybridized carbons (Fsp3) is 0.625. The average Bonchev–Trinajstić information content (AvgIpc) is 2.62. The fourth-order valence-corrected chi connectivity index (χ4v) is 2.46. The summed E-state index contributed by atoms with van der Waals surface area (Å²) in [5.74, 6) is 1.01. The van der Waals surface area contributed by atoms with Crippen molar-refractivity contribution in [1.82, 2.24) is 4.90 Å². The molecular formula is C16H25NO. The van der Waals surface area contributed by atoms with E-state index in [4.69, 9.17) is 4.74 Å². The lowest BCUT2D eigenvalue weighted by atomic mass is 10.1. The molecule has 0 aliphatic carbocycles. The van der Waals surface area contributed by atoms with Crippen molar-refractivity contribution in [2.75, 3.05) is 26.2 Å². The number of rotatable bonds is 4. The quantitative estimate of drug-likeness (QED) is 0.806. The zero-order valence-corrected chi connectivity index (χ0v) is 11.7. The zero-order valence-electron chi connectivity index (χ0n) is 11.7. The van der Waals surface area contributed by atoms with E-state index < -0.39 is 0 Å². The monoisotopic (exact) mass is 247 g/mol. The van der Waals surface area contributed by atoms with Gasteiger partial charge in [-0.05, 0) is 63.0 Å². The third-order valence-corrected chi connectivity index (χ3v) is 3.85. The first-order chi connectivity index (χ1) is 8.75. The molecule has 1 aromatic rings. The predicted molar refractivity (Wildman–Crippen MR) is 76.3 cm³/mol. The average molecular weight is 247 g/mol. The lowest BCUT2D eigenvalue weighted by molar-refractivity contribution is 0.214. The van der Waals surface area contributed by atoms with Crippen LogP contribution in [0.25, 0.3) is 0 Å². The van der Waals surface area contributed by atoms with Crippen LogP contribution in [0.2, 0.25) is 0 Å². The number of ether oxygens (including phenoxy) is 1. The SMILES string of the molecule is Cc1ccc(OCCN2CCCCCC2)cc1C. The van der Waals surface area contributed by atoms with Gasteiger partial charge in [-0.15, -0.1) is 0 Å². The van der Waals surface area contributed by atoms with E-state index in [9.17, 15) is 0 Å². The minimum Gasteiger partial charge on any atom is -0.492 e. The number of hydrogen-bond acceptors (Lipinski definition) is 2. The Balaban J connectivity index is 1.75. The van der Waals surface area contributed by atoms with Crippen LogP contribution in [-0.2, 0) is 0 Å². The molecule has 0 spiro atoms. The molecule has 0 saturated carbocycles. The maximum atomic E-state index is 5.84. The molecule has 1 aliphatic rings. The van der Waals surface area contributed by atoms with Crippen LogP contribution in [0, 0.1) is 13.8 Å². The highest BCUT2D eigenvalue weighted by molar-refractivity contribution is 5.33.